The normalized spacial score (nSPS) is 20.7. The van der Waals surface area contributed by atoms with E-state index in [9.17, 15) is 0 Å². The number of aryl methyl sites for hydroxylation is 3. The predicted octanol–water partition coefficient (Wildman–Crippen LogP) is 3.05. The van der Waals surface area contributed by atoms with Gasteiger partial charge < -0.3 is 5.32 Å². The van der Waals surface area contributed by atoms with Crippen molar-refractivity contribution in [1.82, 2.24) is 0 Å². The molecule has 0 fully saturated rings. The Labute approximate surface area is 80.2 Å². The zero-order valence-corrected chi connectivity index (χ0v) is 8.65. The molecule has 0 saturated heterocycles. The molecule has 1 aliphatic heterocycles. The maximum Gasteiger partial charge on any atom is 0.0404 e. The first kappa shape index (κ1) is 8.61. The number of rotatable bonds is 0. The third-order valence-electron chi connectivity index (χ3n) is 2.80. The SMILES string of the molecule is Cc1cc(C)c2c(c1)CCC(C)N2. The third-order valence-corrected chi connectivity index (χ3v) is 2.80. The van der Waals surface area contributed by atoms with Crippen LogP contribution in [0.1, 0.15) is 30.0 Å². The third kappa shape index (κ3) is 1.55. The highest BCUT2D eigenvalue weighted by atomic mass is 14.9. The Kier molecular flexibility index (Phi) is 2.03. The van der Waals surface area contributed by atoms with E-state index in [1.54, 1.807) is 0 Å². The summed E-state index contributed by atoms with van der Waals surface area (Å²) in [6, 6.07) is 5.19. The summed E-state index contributed by atoms with van der Waals surface area (Å²) in [4.78, 5) is 0. The van der Waals surface area contributed by atoms with Gasteiger partial charge in [0.25, 0.3) is 0 Å². The van der Waals surface area contributed by atoms with Crippen molar-refractivity contribution < 1.29 is 0 Å². The Morgan fingerprint density at radius 1 is 1.31 bits per heavy atom. The van der Waals surface area contributed by atoms with Crippen molar-refractivity contribution in [1.29, 1.82) is 0 Å². The van der Waals surface area contributed by atoms with Crippen molar-refractivity contribution in [3.63, 3.8) is 0 Å². The van der Waals surface area contributed by atoms with Crippen molar-refractivity contribution in [2.45, 2.75) is 39.7 Å². The highest BCUT2D eigenvalue weighted by Crippen LogP contribution is 2.29. The molecule has 0 bridgehead atoms. The quantitative estimate of drug-likeness (QED) is 0.639. The van der Waals surface area contributed by atoms with Crippen LogP contribution in [0.4, 0.5) is 5.69 Å². The van der Waals surface area contributed by atoms with Crippen LogP contribution >= 0.6 is 0 Å². The van der Waals surface area contributed by atoms with Gasteiger partial charge in [0.05, 0.1) is 0 Å². The zero-order chi connectivity index (χ0) is 9.42. The maximum absolute atomic E-state index is 3.56. The van der Waals surface area contributed by atoms with Crippen molar-refractivity contribution in [2.75, 3.05) is 5.32 Å². The summed E-state index contributed by atoms with van der Waals surface area (Å²) in [6.07, 6.45) is 2.49. The molecule has 1 aromatic rings. The Hall–Kier alpha value is -0.980. The van der Waals surface area contributed by atoms with Crippen LogP contribution in [0.15, 0.2) is 12.1 Å². The average molecular weight is 175 g/mol. The summed E-state index contributed by atoms with van der Waals surface area (Å²) >= 11 is 0. The number of anilines is 1. The minimum absolute atomic E-state index is 0.633. The van der Waals surface area contributed by atoms with Gasteiger partial charge in [-0.3, -0.25) is 0 Å². The second-order valence-corrected chi connectivity index (χ2v) is 4.20. The van der Waals surface area contributed by atoms with E-state index in [1.807, 2.05) is 0 Å². The molecule has 0 amide bonds. The molecular formula is C12H17N. The van der Waals surface area contributed by atoms with Gasteiger partial charge in [-0.05, 0) is 44.7 Å². The first-order valence-electron chi connectivity index (χ1n) is 5.03. The van der Waals surface area contributed by atoms with Gasteiger partial charge in [-0.2, -0.15) is 0 Å². The molecule has 1 nitrogen and oxygen atoms in total. The van der Waals surface area contributed by atoms with E-state index >= 15 is 0 Å². The first-order valence-corrected chi connectivity index (χ1v) is 5.03. The Balaban J connectivity index is 2.47. The monoisotopic (exact) mass is 175 g/mol. The molecule has 13 heavy (non-hydrogen) atoms. The zero-order valence-electron chi connectivity index (χ0n) is 8.65. The highest BCUT2D eigenvalue weighted by Gasteiger charge is 2.15. The van der Waals surface area contributed by atoms with Crippen LogP contribution in [0, 0.1) is 13.8 Å². The number of hydrogen-bond donors (Lipinski definition) is 1. The molecular weight excluding hydrogens is 158 g/mol. The van der Waals surface area contributed by atoms with Crippen LogP contribution in [-0.4, -0.2) is 6.04 Å². The van der Waals surface area contributed by atoms with E-state index in [0.717, 1.165) is 0 Å². The van der Waals surface area contributed by atoms with Gasteiger partial charge in [0, 0.05) is 11.7 Å². The Morgan fingerprint density at radius 3 is 2.85 bits per heavy atom. The van der Waals surface area contributed by atoms with Gasteiger partial charge in [-0.25, -0.2) is 0 Å². The molecule has 1 N–H and O–H groups in total. The van der Waals surface area contributed by atoms with Crippen LogP contribution in [0.3, 0.4) is 0 Å². The summed E-state index contributed by atoms with van der Waals surface area (Å²) in [5.41, 5.74) is 5.65. The van der Waals surface area contributed by atoms with Crippen molar-refractivity contribution >= 4 is 5.69 Å². The average Bonchev–Trinajstić information content (AvgIpc) is 2.06. The minimum atomic E-state index is 0.633. The fraction of sp³-hybridized carbons (Fsp3) is 0.500. The minimum Gasteiger partial charge on any atom is -0.382 e. The molecule has 70 valence electrons. The van der Waals surface area contributed by atoms with Gasteiger partial charge in [-0.1, -0.05) is 17.7 Å². The van der Waals surface area contributed by atoms with Crippen LogP contribution in [0.2, 0.25) is 0 Å². The van der Waals surface area contributed by atoms with E-state index in [1.165, 1.54) is 35.2 Å². The van der Waals surface area contributed by atoms with Gasteiger partial charge >= 0.3 is 0 Å². The number of benzene rings is 1. The predicted molar refractivity (Wildman–Crippen MR) is 57.3 cm³/mol. The molecule has 0 aromatic heterocycles. The van der Waals surface area contributed by atoms with Crippen LogP contribution in [0.5, 0.6) is 0 Å². The summed E-state index contributed by atoms with van der Waals surface area (Å²) < 4.78 is 0. The molecule has 0 saturated carbocycles. The smallest absolute Gasteiger partial charge is 0.0404 e. The molecule has 1 heterocycles. The van der Waals surface area contributed by atoms with Crippen molar-refractivity contribution in [3.8, 4) is 0 Å². The topological polar surface area (TPSA) is 12.0 Å². The summed E-state index contributed by atoms with van der Waals surface area (Å²) in [6.45, 7) is 6.62. The summed E-state index contributed by atoms with van der Waals surface area (Å²) in [5, 5.41) is 3.56. The molecule has 0 aliphatic carbocycles. The lowest BCUT2D eigenvalue weighted by Crippen LogP contribution is -2.22. The molecule has 2 rings (SSSR count). The molecule has 1 aromatic carbocycles. The van der Waals surface area contributed by atoms with E-state index in [0.29, 0.717) is 6.04 Å². The first-order chi connectivity index (χ1) is 6.16. The summed E-state index contributed by atoms with van der Waals surface area (Å²) in [5.74, 6) is 0. The molecule has 0 radical (unpaired) electrons. The summed E-state index contributed by atoms with van der Waals surface area (Å²) in [7, 11) is 0. The number of hydrogen-bond acceptors (Lipinski definition) is 1. The molecule has 1 atom stereocenters. The second kappa shape index (κ2) is 3.06. The van der Waals surface area contributed by atoms with E-state index in [-0.39, 0.29) is 0 Å². The maximum atomic E-state index is 3.56. The fourth-order valence-electron chi connectivity index (χ4n) is 2.15. The standard InChI is InChI=1S/C12H17N/c1-8-6-9(2)12-11(7-8)5-4-10(3)13-12/h6-7,10,13H,4-5H2,1-3H3. The van der Waals surface area contributed by atoms with Crippen LogP contribution < -0.4 is 5.32 Å². The molecule has 0 spiro atoms. The van der Waals surface area contributed by atoms with Crippen LogP contribution in [-0.2, 0) is 6.42 Å². The van der Waals surface area contributed by atoms with Gasteiger partial charge in [0.1, 0.15) is 0 Å². The Bertz CT molecular complexity index is 328. The largest absolute Gasteiger partial charge is 0.382 e. The Morgan fingerprint density at radius 2 is 2.08 bits per heavy atom. The highest BCUT2D eigenvalue weighted by molar-refractivity contribution is 5.60. The fourth-order valence-corrected chi connectivity index (χ4v) is 2.15. The lowest BCUT2D eigenvalue weighted by molar-refractivity contribution is 0.679. The van der Waals surface area contributed by atoms with E-state index < -0.39 is 0 Å². The second-order valence-electron chi connectivity index (χ2n) is 4.20. The molecule has 1 heteroatoms. The molecule has 1 aliphatic rings. The van der Waals surface area contributed by atoms with Crippen molar-refractivity contribution in [2.24, 2.45) is 0 Å². The van der Waals surface area contributed by atoms with Crippen molar-refractivity contribution in [3.05, 3.63) is 28.8 Å². The number of fused-ring (bicyclic) bond motifs is 1. The molecule has 1 unspecified atom stereocenters. The van der Waals surface area contributed by atoms with E-state index in [2.05, 4.69) is 38.2 Å². The van der Waals surface area contributed by atoms with Gasteiger partial charge in [0.15, 0.2) is 0 Å². The van der Waals surface area contributed by atoms with Gasteiger partial charge in [-0.15, -0.1) is 0 Å². The van der Waals surface area contributed by atoms with Crippen LogP contribution in [0.25, 0.3) is 0 Å². The van der Waals surface area contributed by atoms with Gasteiger partial charge in [0.2, 0.25) is 0 Å². The number of nitrogens with one attached hydrogen (secondary N) is 1. The van der Waals surface area contributed by atoms with E-state index in [4.69, 9.17) is 0 Å². The lowest BCUT2D eigenvalue weighted by Gasteiger charge is -2.26. The lowest BCUT2D eigenvalue weighted by atomic mass is 9.94.